The molecular weight excluding hydrogens is 755 g/mol. The topological polar surface area (TPSA) is 191 Å². The number of piperazine rings is 1. The van der Waals surface area contributed by atoms with Gasteiger partial charge in [-0.25, -0.2) is 19.4 Å². The van der Waals surface area contributed by atoms with Gasteiger partial charge in [0.1, 0.15) is 0 Å². The Morgan fingerprint density at radius 2 is 1.75 bits per heavy atom. The summed E-state index contributed by atoms with van der Waals surface area (Å²) in [5.74, 6) is -1.62. The molecule has 2 aliphatic heterocycles. The van der Waals surface area contributed by atoms with E-state index in [1.165, 1.54) is 48.1 Å². The number of rotatable bonds is 12. The van der Waals surface area contributed by atoms with Crippen molar-refractivity contribution in [1.29, 1.82) is 0 Å². The number of benzene rings is 1. The number of hydrogen-bond acceptors (Lipinski definition) is 9. The molecule has 0 saturated carbocycles. The number of carbonyl (C=O) groups excluding carboxylic acids is 2. The first-order valence-corrected chi connectivity index (χ1v) is 18.5. The Labute approximate surface area is 325 Å². The number of pyridine rings is 1. The molecule has 0 radical (unpaired) electrons. The van der Waals surface area contributed by atoms with Crippen LogP contribution in [-0.4, -0.2) is 120 Å². The van der Waals surface area contributed by atoms with E-state index in [0.29, 0.717) is 42.9 Å². The van der Waals surface area contributed by atoms with Crippen LogP contribution in [0.4, 0.5) is 24.5 Å². The largest absolute Gasteiger partial charge is 0.477 e. The smallest absolute Gasteiger partial charge is 0.435 e. The van der Waals surface area contributed by atoms with Crippen LogP contribution in [0.25, 0.3) is 17.1 Å². The van der Waals surface area contributed by atoms with Crippen LogP contribution in [0.3, 0.4) is 0 Å². The summed E-state index contributed by atoms with van der Waals surface area (Å²) in [6.45, 7) is 9.33. The van der Waals surface area contributed by atoms with E-state index < -0.39 is 23.7 Å². The molecule has 56 heavy (non-hydrogen) atoms. The molecule has 5 heterocycles. The van der Waals surface area contributed by atoms with Gasteiger partial charge >= 0.3 is 12.1 Å². The van der Waals surface area contributed by atoms with Gasteiger partial charge in [0.2, 0.25) is 0 Å². The van der Waals surface area contributed by atoms with Gasteiger partial charge in [0.25, 0.3) is 11.8 Å². The SMILES string of the molecule is C=C(C1CC[N+](CCCN)(CC(=O)O)CC1)N1CCN(C(=O)c2ccc(NC(=O)c3ncc(-c4cn(-c5ccc(N)cn5)nc4C(F)(F)F)n3C)cc2Cl)CC1. The molecule has 0 atom stereocenters. The van der Waals surface area contributed by atoms with Crippen LogP contribution < -0.4 is 16.8 Å². The number of nitrogens with zero attached hydrogens (tertiary/aromatic N) is 8. The third kappa shape index (κ3) is 8.66. The molecule has 2 fully saturated rings. The number of nitrogens with one attached hydrogen (secondary N) is 1. The lowest BCUT2D eigenvalue weighted by molar-refractivity contribution is -0.926. The number of aromatic nitrogens is 5. The molecule has 2 amide bonds. The van der Waals surface area contributed by atoms with E-state index in [9.17, 15) is 32.7 Å². The first-order valence-electron chi connectivity index (χ1n) is 18.1. The predicted molar refractivity (Wildman–Crippen MR) is 203 cm³/mol. The molecular formula is C37H44ClF3N11O4+. The number of alkyl halides is 3. The summed E-state index contributed by atoms with van der Waals surface area (Å²) in [7, 11) is 1.41. The van der Waals surface area contributed by atoms with Gasteiger partial charge in [-0.05, 0) is 36.9 Å². The van der Waals surface area contributed by atoms with E-state index in [2.05, 4.69) is 31.9 Å². The number of amides is 2. The fraction of sp³-hybridized carbons (Fsp3) is 0.405. The molecule has 1 aromatic carbocycles. The molecule has 298 valence electrons. The molecule has 15 nitrogen and oxygen atoms in total. The Kier molecular flexibility index (Phi) is 11.7. The van der Waals surface area contributed by atoms with Gasteiger partial charge < -0.3 is 40.7 Å². The zero-order chi connectivity index (χ0) is 40.4. The van der Waals surface area contributed by atoms with Crippen LogP contribution in [0.15, 0.2) is 61.2 Å². The number of carboxylic acids is 1. The number of halogens is 4. The van der Waals surface area contributed by atoms with Crippen molar-refractivity contribution in [2.45, 2.75) is 25.4 Å². The van der Waals surface area contributed by atoms with Gasteiger partial charge in [-0.3, -0.25) is 9.59 Å². The summed E-state index contributed by atoms with van der Waals surface area (Å²) in [6, 6.07) is 7.37. The first kappa shape index (κ1) is 40.2. The summed E-state index contributed by atoms with van der Waals surface area (Å²) < 4.78 is 44.9. The minimum Gasteiger partial charge on any atom is -0.477 e. The zero-order valence-corrected chi connectivity index (χ0v) is 31.6. The van der Waals surface area contributed by atoms with E-state index >= 15 is 0 Å². The number of quaternary nitrogens is 1. The van der Waals surface area contributed by atoms with Gasteiger partial charge in [0.15, 0.2) is 23.9 Å². The standard InChI is InChI=1S/C37H43ClF3N11O4/c1-23(24-8-16-52(17-9-24,15-3-10-42)22-32(53)54)49-11-13-50(14-12-49)36(56)27-6-5-26(18-29(27)38)46-35(55)34-45-20-30(48(34)2)28-21-51(47-33(28)37(39,40)41)31-7-4-25(43)19-44-31/h4-7,18-21,24H,1,3,8-17,22,42-43H2,2H3,(H-,46,53,54,55,56)/p+1. The van der Waals surface area contributed by atoms with E-state index in [1.807, 2.05) is 0 Å². The molecule has 19 heteroatoms. The van der Waals surface area contributed by atoms with Crippen LogP contribution in [-0.2, 0) is 18.0 Å². The van der Waals surface area contributed by atoms with Gasteiger partial charge in [0.05, 0.1) is 59.6 Å². The number of hydrogen-bond donors (Lipinski definition) is 4. The van der Waals surface area contributed by atoms with Crippen LogP contribution in [0.1, 0.15) is 45.9 Å². The molecule has 4 aromatic rings. The molecule has 3 aromatic heterocycles. The summed E-state index contributed by atoms with van der Waals surface area (Å²) in [4.78, 5) is 50.4. The second kappa shape index (κ2) is 16.3. The minimum absolute atomic E-state index is 0.0130. The van der Waals surface area contributed by atoms with Crippen molar-refractivity contribution in [3.63, 3.8) is 0 Å². The number of allylic oxidation sites excluding steroid dienone is 1. The van der Waals surface area contributed by atoms with Crippen molar-refractivity contribution in [2.24, 2.45) is 18.7 Å². The number of carbonyl (C=O) groups is 3. The summed E-state index contributed by atoms with van der Waals surface area (Å²) in [5, 5.41) is 16.0. The Balaban J connectivity index is 1.06. The highest BCUT2D eigenvalue weighted by Gasteiger charge is 2.40. The Morgan fingerprint density at radius 3 is 2.36 bits per heavy atom. The number of nitrogens with two attached hydrogens (primary N) is 2. The van der Waals surface area contributed by atoms with Crippen molar-refractivity contribution >= 4 is 40.8 Å². The highest BCUT2D eigenvalue weighted by atomic mass is 35.5. The average Bonchev–Trinajstić information content (AvgIpc) is 3.78. The lowest BCUT2D eigenvalue weighted by Gasteiger charge is -2.45. The number of piperidine rings is 1. The maximum Gasteiger partial charge on any atom is 0.435 e. The average molecular weight is 799 g/mol. The zero-order valence-electron chi connectivity index (χ0n) is 30.8. The van der Waals surface area contributed by atoms with Gasteiger partial charge in [-0.2, -0.15) is 18.3 Å². The molecule has 0 spiro atoms. The quantitative estimate of drug-likeness (QED) is 0.152. The fourth-order valence-electron chi connectivity index (χ4n) is 7.49. The number of carboxylic acid groups (broad SMARTS) is 1. The second-order valence-electron chi connectivity index (χ2n) is 14.2. The number of aliphatic carboxylic acids is 1. The van der Waals surface area contributed by atoms with Crippen LogP contribution in [0.5, 0.6) is 0 Å². The monoisotopic (exact) mass is 798 g/mol. The Bertz CT molecular complexity index is 2100. The van der Waals surface area contributed by atoms with Crippen LogP contribution >= 0.6 is 11.6 Å². The van der Waals surface area contributed by atoms with Gasteiger partial charge in [0, 0.05) is 76.0 Å². The van der Waals surface area contributed by atoms with Crippen molar-refractivity contribution < 1.29 is 37.1 Å². The molecule has 2 saturated heterocycles. The predicted octanol–water partition coefficient (Wildman–Crippen LogP) is 4.11. The summed E-state index contributed by atoms with van der Waals surface area (Å²) in [6.07, 6.45) is 1.23. The molecule has 0 unspecified atom stereocenters. The molecule has 6 rings (SSSR count). The highest BCUT2D eigenvalue weighted by Crippen LogP contribution is 2.37. The van der Waals surface area contributed by atoms with Crippen molar-refractivity contribution in [2.75, 3.05) is 70.0 Å². The third-order valence-corrected chi connectivity index (χ3v) is 10.9. The van der Waals surface area contributed by atoms with Crippen molar-refractivity contribution in [1.82, 2.24) is 34.1 Å². The molecule has 2 aliphatic rings. The second-order valence-corrected chi connectivity index (χ2v) is 14.6. The lowest BCUT2D eigenvalue weighted by Crippen LogP contribution is -2.57. The Hall–Kier alpha value is -5.46. The number of anilines is 2. The summed E-state index contributed by atoms with van der Waals surface area (Å²) in [5.41, 5.74) is 11.7. The van der Waals surface area contributed by atoms with Gasteiger partial charge in [-0.15, -0.1) is 0 Å². The van der Waals surface area contributed by atoms with Gasteiger partial charge in [-0.1, -0.05) is 18.2 Å². The normalized spacial score (nSPS) is 18.9. The van der Waals surface area contributed by atoms with Crippen molar-refractivity contribution in [3.05, 3.63) is 83.3 Å². The summed E-state index contributed by atoms with van der Waals surface area (Å²) >= 11 is 6.56. The third-order valence-electron chi connectivity index (χ3n) is 10.6. The van der Waals surface area contributed by atoms with E-state index in [0.717, 1.165) is 61.7 Å². The number of nitrogen functional groups attached to an aromatic ring is 1. The Morgan fingerprint density at radius 1 is 1.05 bits per heavy atom. The fourth-order valence-corrected chi connectivity index (χ4v) is 7.76. The van der Waals surface area contributed by atoms with Crippen LogP contribution in [0, 0.1) is 5.92 Å². The van der Waals surface area contributed by atoms with Crippen molar-refractivity contribution in [3.8, 4) is 17.1 Å². The van der Waals surface area contributed by atoms with E-state index in [1.54, 1.807) is 4.90 Å². The minimum atomic E-state index is -4.82. The number of imidazole rings is 1. The first-order chi connectivity index (χ1) is 26.6. The lowest BCUT2D eigenvalue weighted by atomic mass is 9.90. The molecule has 0 aliphatic carbocycles. The van der Waals surface area contributed by atoms with Crippen LogP contribution in [0.2, 0.25) is 5.02 Å². The maximum absolute atomic E-state index is 14.1. The maximum atomic E-state index is 14.1. The molecule has 6 N–H and O–H groups in total. The molecule has 0 bridgehead atoms. The number of likely N-dealkylation sites (tertiary alicyclic amines) is 1. The van der Waals surface area contributed by atoms with E-state index in [4.69, 9.17) is 23.1 Å². The highest BCUT2D eigenvalue weighted by molar-refractivity contribution is 6.34. The van der Waals surface area contributed by atoms with E-state index in [-0.39, 0.29) is 57.5 Å².